The first-order valence-corrected chi connectivity index (χ1v) is 4.25. The second kappa shape index (κ2) is 12.5. The fourth-order valence-corrected chi connectivity index (χ4v) is 0.960. The molecule has 15 heavy (non-hydrogen) atoms. The first-order chi connectivity index (χ1) is 5.80. The summed E-state index contributed by atoms with van der Waals surface area (Å²) in [4.78, 5) is 0. The summed E-state index contributed by atoms with van der Waals surface area (Å²) in [6.45, 7) is 4.27. The molecule has 0 atom stereocenters. The maximum absolute atomic E-state index is 3.12. The van der Waals surface area contributed by atoms with Gasteiger partial charge in [0, 0.05) is 0 Å². The van der Waals surface area contributed by atoms with Gasteiger partial charge in [-0.15, -0.1) is 19.8 Å². The van der Waals surface area contributed by atoms with Gasteiger partial charge in [0.25, 0.3) is 0 Å². The Morgan fingerprint density at radius 2 is 1.80 bits per heavy atom. The third-order valence-corrected chi connectivity index (χ3v) is 1.94. The summed E-state index contributed by atoms with van der Waals surface area (Å²) < 4.78 is 0. The molecule has 0 aromatic rings. The average Bonchev–Trinajstić information content (AvgIpc) is 2.67. The molecule has 80 valence electrons. The minimum atomic E-state index is 0. The Hall–Kier alpha value is 0.410. The fraction of sp³-hybridized carbons (Fsp3) is 0.333. The van der Waals surface area contributed by atoms with Gasteiger partial charge in [-0.2, -0.15) is 11.6 Å². The van der Waals surface area contributed by atoms with Crippen molar-refractivity contribution in [2.24, 2.45) is 0 Å². The van der Waals surface area contributed by atoms with Gasteiger partial charge in [-0.3, -0.25) is 12.2 Å². The van der Waals surface area contributed by atoms with E-state index in [-0.39, 0.29) is 50.7 Å². The Balaban J connectivity index is -0.000000165. The van der Waals surface area contributed by atoms with Gasteiger partial charge < -0.3 is 24.8 Å². The van der Waals surface area contributed by atoms with Crippen LogP contribution in [0.3, 0.4) is 0 Å². The normalized spacial score (nSPS) is 14.8. The van der Waals surface area contributed by atoms with Crippen molar-refractivity contribution in [2.45, 2.75) is 26.7 Å². The summed E-state index contributed by atoms with van der Waals surface area (Å²) in [6.07, 6.45) is 16.2. The fourth-order valence-electron chi connectivity index (χ4n) is 0.960. The van der Waals surface area contributed by atoms with E-state index in [9.17, 15) is 0 Å². The number of hydrogen-bond acceptors (Lipinski definition) is 0. The Bertz CT molecular complexity index is 253. The summed E-state index contributed by atoms with van der Waals surface area (Å²) in [6, 6.07) is 0. The molecule has 0 amide bonds. The van der Waals surface area contributed by atoms with E-state index in [0.717, 1.165) is 12.8 Å². The maximum atomic E-state index is 3.12. The van der Waals surface area contributed by atoms with Gasteiger partial charge in [0.2, 0.25) is 0 Å². The Labute approximate surface area is 124 Å². The summed E-state index contributed by atoms with van der Waals surface area (Å²) in [5.41, 5.74) is 2.85. The molecule has 0 fully saturated rings. The zero-order valence-electron chi connectivity index (χ0n) is 8.98. The molecular weight excluding hydrogens is 394 g/mol. The van der Waals surface area contributed by atoms with Crippen molar-refractivity contribution in [3.8, 4) is 0 Å². The second-order valence-electron chi connectivity index (χ2n) is 2.99. The van der Waals surface area contributed by atoms with Crippen molar-refractivity contribution >= 4 is 0 Å². The van der Waals surface area contributed by atoms with Crippen molar-refractivity contribution in [1.82, 2.24) is 0 Å². The third-order valence-electron chi connectivity index (χ3n) is 1.94. The van der Waals surface area contributed by atoms with Crippen LogP contribution in [-0.4, -0.2) is 0 Å². The predicted molar refractivity (Wildman–Crippen MR) is 52.4 cm³/mol. The van der Waals surface area contributed by atoms with Gasteiger partial charge in [-0.1, -0.05) is 6.92 Å². The molecule has 0 spiro atoms. The molecule has 0 aromatic heterocycles. The van der Waals surface area contributed by atoms with Crippen LogP contribution in [0.25, 0.3) is 0 Å². The molecule has 0 saturated heterocycles. The molecule has 3 heteroatoms. The van der Waals surface area contributed by atoms with Crippen molar-refractivity contribution in [3.63, 3.8) is 0 Å². The minimum Gasteiger partial charge on any atom is -1.00 e. The zero-order valence-corrected chi connectivity index (χ0v) is 14.1. The van der Waals surface area contributed by atoms with Gasteiger partial charge in [-0.05, 0) is 0 Å². The van der Waals surface area contributed by atoms with Gasteiger partial charge in [-0.25, -0.2) is 23.8 Å². The summed E-state index contributed by atoms with van der Waals surface area (Å²) in [5.74, 6) is 0. The van der Waals surface area contributed by atoms with E-state index in [1.54, 1.807) is 0 Å². The van der Waals surface area contributed by atoms with Gasteiger partial charge >= 0.3 is 25.8 Å². The van der Waals surface area contributed by atoms with Crippen LogP contribution >= 0.6 is 0 Å². The molecule has 0 aromatic carbocycles. The summed E-state index contributed by atoms with van der Waals surface area (Å²) in [7, 11) is 0. The number of rotatable bonds is 0. The molecule has 0 heterocycles. The van der Waals surface area contributed by atoms with E-state index in [2.05, 4.69) is 38.2 Å². The summed E-state index contributed by atoms with van der Waals surface area (Å²) in [5, 5.41) is 0. The van der Waals surface area contributed by atoms with Crippen LogP contribution in [0.1, 0.15) is 26.7 Å². The molecule has 2 aliphatic carbocycles. The zero-order chi connectivity index (χ0) is 8.81. The van der Waals surface area contributed by atoms with Crippen molar-refractivity contribution < 1.29 is 50.7 Å². The molecule has 0 bridgehead atoms. The van der Waals surface area contributed by atoms with Crippen LogP contribution in [0, 0.1) is 12.2 Å². The van der Waals surface area contributed by atoms with E-state index in [1.807, 2.05) is 12.2 Å². The number of hydrogen-bond donors (Lipinski definition) is 0. The third kappa shape index (κ3) is 9.35. The molecule has 0 radical (unpaired) electrons. The molecule has 0 nitrogen and oxygen atoms in total. The average molecular weight is 408 g/mol. The topological polar surface area (TPSA) is 0 Å². The van der Waals surface area contributed by atoms with E-state index in [0.29, 0.717) is 0 Å². The van der Waals surface area contributed by atoms with Crippen molar-refractivity contribution in [2.75, 3.05) is 0 Å². The molecule has 0 unspecified atom stereocenters. The Morgan fingerprint density at radius 1 is 1.13 bits per heavy atom. The maximum Gasteiger partial charge on any atom is 4.00 e. The van der Waals surface area contributed by atoms with Crippen LogP contribution in [0.2, 0.25) is 0 Å². The van der Waals surface area contributed by atoms with Crippen LogP contribution < -0.4 is 24.8 Å². The minimum absolute atomic E-state index is 0. The first-order valence-electron chi connectivity index (χ1n) is 4.25. The van der Waals surface area contributed by atoms with Gasteiger partial charge in [0.1, 0.15) is 0 Å². The molecular formula is C12H14Cl2Hf. The Morgan fingerprint density at radius 3 is 1.93 bits per heavy atom. The van der Waals surface area contributed by atoms with Crippen molar-refractivity contribution in [1.29, 1.82) is 0 Å². The first kappa shape index (κ1) is 20.8. The molecule has 0 saturated carbocycles. The predicted octanol–water partition coefficient (Wildman–Crippen LogP) is -2.60. The van der Waals surface area contributed by atoms with E-state index < -0.39 is 0 Å². The summed E-state index contributed by atoms with van der Waals surface area (Å²) >= 11 is 0. The van der Waals surface area contributed by atoms with Crippen LogP contribution in [0.4, 0.5) is 0 Å². The van der Waals surface area contributed by atoms with Crippen LogP contribution in [-0.2, 0) is 25.8 Å². The molecule has 2 rings (SSSR count). The van der Waals surface area contributed by atoms with Crippen LogP contribution in [0.5, 0.6) is 0 Å². The van der Waals surface area contributed by atoms with Gasteiger partial charge in [0.05, 0.1) is 0 Å². The van der Waals surface area contributed by atoms with E-state index in [4.69, 9.17) is 0 Å². The van der Waals surface area contributed by atoms with E-state index in [1.165, 1.54) is 11.1 Å². The smallest absolute Gasteiger partial charge is 1.00 e. The number of halogens is 2. The standard InChI is InChI=1S/C7H9.C5H5.2ClH.Hf/c1-6-4-3-5-7(6)2;1-2-4-5-3-1;;;/h4H,5H2,1-2H3;1-3H,4H2;2*1H;/q2*-1;;;+4/p-2. The Kier molecular flexibility index (Phi) is 17.3. The molecule has 0 aliphatic heterocycles. The molecule has 2 aliphatic rings. The monoisotopic (exact) mass is 408 g/mol. The second-order valence-corrected chi connectivity index (χ2v) is 2.99. The van der Waals surface area contributed by atoms with E-state index >= 15 is 0 Å². The largest absolute Gasteiger partial charge is 4.00 e. The van der Waals surface area contributed by atoms with Crippen LogP contribution in [0.15, 0.2) is 35.5 Å². The van der Waals surface area contributed by atoms with Crippen molar-refractivity contribution in [3.05, 3.63) is 47.6 Å². The quantitative estimate of drug-likeness (QED) is 0.305. The SMILES string of the molecule is CC1=C(C)C[C-]=C1.[C-]1=CC=CC1.[Cl-].[Cl-].[Hf+4]. The van der Waals surface area contributed by atoms with Gasteiger partial charge in [0.15, 0.2) is 0 Å². The number of allylic oxidation sites excluding steroid dienone is 8. The molecule has 0 N–H and O–H groups in total.